The van der Waals surface area contributed by atoms with Crippen LogP contribution in [0.2, 0.25) is 0 Å². The molecule has 10 heteroatoms. The van der Waals surface area contributed by atoms with Crippen molar-refractivity contribution >= 4 is 32.7 Å². The summed E-state index contributed by atoms with van der Waals surface area (Å²) in [6.45, 7) is 6.11. The SMILES string of the molecule is CN1CCN(c2ccc3cc(S(=O)(=O)N[C@H]4CC[C@H](C(=O)N5CCNCC5c5ccccc5)CC4)ccc3n2)CC1. The average molecular weight is 577 g/mol. The third-order valence-corrected chi connectivity index (χ3v) is 10.4. The second-order valence-corrected chi connectivity index (χ2v) is 13.4. The molecule has 3 heterocycles. The fraction of sp³-hybridized carbons (Fsp3) is 0.484. The van der Waals surface area contributed by atoms with Crippen molar-refractivity contribution in [3.8, 4) is 0 Å². The van der Waals surface area contributed by atoms with Crippen LogP contribution in [0.25, 0.3) is 10.9 Å². The molecule has 218 valence electrons. The maximum atomic E-state index is 13.6. The number of hydrogen-bond donors (Lipinski definition) is 2. The van der Waals surface area contributed by atoms with Gasteiger partial charge in [-0.1, -0.05) is 30.3 Å². The molecule has 2 N–H and O–H groups in total. The molecule has 1 amide bonds. The van der Waals surface area contributed by atoms with E-state index in [2.05, 4.69) is 39.0 Å². The standard InChI is InChI=1S/C31H40N6O3S/c1-35-17-19-36(20-18-35)30-14-9-25-21-27(12-13-28(25)33-30)41(39,40)34-26-10-7-24(8-11-26)31(38)37-16-15-32-22-29(37)23-5-3-2-4-6-23/h2-6,9,12-14,21,24,26,29,32,34H,7-8,10-11,15-20,22H2,1H3/t24-,26-,29?. The second kappa shape index (κ2) is 12.1. The Labute approximate surface area is 243 Å². The number of carbonyl (C=O) groups is 1. The maximum Gasteiger partial charge on any atom is 0.240 e. The molecule has 0 bridgehead atoms. The Morgan fingerprint density at radius 2 is 1.68 bits per heavy atom. The molecule has 1 unspecified atom stereocenters. The van der Waals surface area contributed by atoms with Crippen LogP contribution < -0.4 is 14.9 Å². The average Bonchev–Trinajstić information content (AvgIpc) is 3.01. The van der Waals surface area contributed by atoms with Crippen molar-refractivity contribution in [2.75, 3.05) is 57.8 Å². The van der Waals surface area contributed by atoms with E-state index in [-0.39, 0.29) is 28.8 Å². The minimum absolute atomic E-state index is 0.0358. The topological polar surface area (TPSA) is 97.9 Å². The Bertz CT molecular complexity index is 1470. The molecule has 9 nitrogen and oxygen atoms in total. The Balaban J connectivity index is 1.07. The molecule has 1 atom stereocenters. The van der Waals surface area contributed by atoms with Gasteiger partial charge in [0, 0.05) is 63.2 Å². The first-order valence-electron chi connectivity index (χ1n) is 14.8. The van der Waals surface area contributed by atoms with Crippen LogP contribution in [0.5, 0.6) is 0 Å². The van der Waals surface area contributed by atoms with Crippen molar-refractivity contribution in [2.24, 2.45) is 5.92 Å². The molecular formula is C31H40N6O3S. The summed E-state index contributed by atoms with van der Waals surface area (Å²) in [6.07, 6.45) is 2.69. The smallest absolute Gasteiger partial charge is 0.240 e. The Hall–Kier alpha value is -3.05. The zero-order chi connectivity index (χ0) is 28.4. The van der Waals surface area contributed by atoms with E-state index in [1.54, 1.807) is 18.2 Å². The predicted molar refractivity (Wildman–Crippen MR) is 161 cm³/mol. The van der Waals surface area contributed by atoms with Gasteiger partial charge in [0.05, 0.1) is 16.5 Å². The van der Waals surface area contributed by atoms with Gasteiger partial charge in [0.1, 0.15) is 5.82 Å². The highest BCUT2D eigenvalue weighted by atomic mass is 32.2. The number of pyridine rings is 1. The number of sulfonamides is 1. The van der Waals surface area contributed by atoms with Crippen LogP contribution >= 0.6 is 0 Å². The van der Waals surface area contributed by atoms with Crippen LogP contribution in [-0.2, 0) is 14.8 Å². The molecule has 1 saturated carbocycles. The van der Waals surface area contributed by atoms with Gasteiger partial charge in [-0.3, -0.25) is 4.79 Å². The largest absolute Gasteiger partial charge is 0.354 e. The monoisotopic (exact) mass is 576 g/mol. The summed E-state index contributed by atoms with van der Waals surface area (Å²) in [5.41, 5.74) is 1.94. The number of hydrogen-bond acceptors (Lipinski definition) is 7. The first kappa shape index (κ1) is 28.1. The molecule has 0 spiro atoms. The van der Waals surface area contributed by atoms with E-state index in [9.17, 15) is 13.2 Å². The van der Waals surface area contributed by atoms with Crippen LogP contribution in [0.4, 0.5) is 5.82 Å². The summed E-state index contributed by atoms with van der Waals surface area (Å²) in [7, 11) is -1.56. The summed E-state index contributed by atoms with van der Waals surface area (Å²) in [5, 5.41) is 4.23. The van der Waals surface area contributed by atoms with Crippen molar-refractivity contribution in [2.45, 2.75) is 42.7 Å². The van der Waals surface area contributed by atoms with Gasteiger partial charge in [0.2, 0.25) is 15.9 Å². The van der Waals surface area contributed by atoms with Crippen molar-refractivity contribution in [1.29, 1.82) is 0 Å². The number of nitrogens with zero attached hydrogens (tertiary/aromatic N) is 4. The molecule has 3 fully saturated rings. The number of benzene rings is 2. The predicted octanol–water partition coefficient (Wildman–Crippen LogP) is 3.00. The third-order valence-electron chi connectivity index (χ3n) is 8.89. The molecular weight excluding hydrogens is 536 g/mol. The summed E-state index contributed by atoms with van der Waals surface area (Å²) >= 11 is 0. The number of fused-ring (bicyclic) bond motifs is 1. The van der Waals surface area contributed by atoms with E-state index in [1.165, 1.54) is 0 Å². The van der Waals surface area contributed by atoms with Gasteiger partial charge >= 0.3 is 0 Å². The van der Waals surface area contributed by atoms with Gasteiger partial charge in [-0.15, -0.1) is 0 Å². The summed E-state index contributed by atoms with van der Waals surface area (Å²) in [4.78, 5) is 25.2. The summed E-state index contributed by atoms with van der Waals surface area (Å²) in [6, 6.07) is 19.2. The van der Waals surface area contributed by atoms with Gasteiger partial charge in [0.15, 0.2) is 0 Å². The number of rotatable bonds is 6. The molecule has 2 aromatic carbocycles. The molecule has 1 aromatic heterocycles. The second-order valence-electron chi connectivity index (χ2n) is 11.6. The van der Waals surface area contributed by atoms with Crippen LogP contribution in [0.15, 0.2) is 65.6 Å². The van der Waals surface area contributed by atoms with E-state index < -0.39 is 10.0 Å². The lowest BCUT2D eigenvalue weighted by Crippen LogP contribution is -2.51. The third kappa shape index (κ3) is 6.25. The lowest BCUT2D eigenvalue weighted by molar-refractivity contribution is -0.140. The number of likely N-dealkylation sites (N-methyl/N-ethyl adjacent to an activating group) is 1. The number of carbonyl (C=O) groups excluding carboxylic acids is 1. The fourth-order valence-corrected chi connectivity index (χ4v) is 7.73. The maximum absolute atomic E-state index is 13.6. The van der Waals surface area contributed by atoms with Crippen LogP contribution in [0.1, 0.15) is 37.3 Å². The van der Waals surface area contributed by atoms with Gasteiger partial charge in [-0.25, -0.2) is 18.1 Å². The minimum atomic E-state index is -3.69. The molecule has 2 aliphatic heterocycles. The van der Waals surface area contributed by atoms with Crippen molar-refractivity contribution in [3.05, 3.63) is 66.2 Å². The Morgan fingerprint density at radius 3 is 2.44 bits per heavy atom. The van der Waals surface area contributed by atoms with Gasteiger partial charge in [-0.05, 0) is 68.6 Å². The molecule has 0 radical (unpaired) electrons. The zero-order valence-corrected chi connectivity index (χ0v) is 24.5. The van der Waals surface area contributed by atoms with Gasteiger partial charge in [-0.2, -0.15) is 0 Å². The lowest BCUT2D eigenvalue weighted by atomic mass is 9.85. The minimum Gasteiger partial charge on any atom is -0.354 e. The lowest BCUT2D eigenvalue weighted by Gasteiger charge is -2.40. The molecule has 3 aliphatic rings. The molecule has 1 aliphatic carbocycles. The van der Waals surface area contributed by atoms with E-state index in [4.69, 9.17) is 4.98 Å². The fourth-order valence-electron chi connectivity index (χ4n) is 6.39. The van der Waals surface area contributed by atoms with E-state index >= 15 is 0 Å². The first-order valence-corrected chi connectivity index (χ1v) is 16.3. The van der Waals surface area contributed by atoms with E-state index in [0.717, 1.165) is 61.6 Å². The quantitative estimate of drug-likeness (QED) is 0.466. The Morgan fingerprint density at radius 1 is 0.927 bits per heavy atom. The van der Waals surface area contributed by atoms with Crippen LogP contribution in [0, 0.1) is 5.92 Å². The molecule has 6 rings (SSSR count). The van der Waals surface area contributed by atoms with Crippen LogP contribution in [0.3, 0.4) is 0 Å². The van der Waals surface area contributed by atoms with E-state index in [0.29, 0.717) is 32.2 Å². The summed E-state index contributed by atoms with van der Waals surface area (Å²) in [5.74, 6) is 1.06. The van der Waals surface area contributed by atoms with Crippen molar-refractivity contribution in [3.63, 3.8) is 0 Å². The normalized spacial score (nSPS) is 24.5. The van der Waals surface area contributed by atoms with E-state index in [1.807, 2.05) is 35.2 Å². The number of nitrogens with one attached hydrogen (secondary N) is 2. The van der Waals surface area contributed by atoms with Crippen molar-refractivity contribution in [1.82, 2.24) is 24.8 Å². The Kier molecular flexibility index (Phi) is 8.26. The number of piperazine rings is 2. The number of aromatic nitrogens is 1. The highest BCUT2D eigenvalue weighted by molar-refractivity contribution is 7.89. The van der Waals surface area contributed by atoms with Crippen LogP contribution in [-0.4, -0.2) is 88.0 Å². The number of anilines is 1. The molecule has 2 saturated heterocycles. The zero-order valence-electron chi connectivity index (χ0n) is 23.7. The first-order chi connectivity index (χ1) is 19.9. The summed E-state index contributed by atoms with van der Waals surface area (Å²) < 4.78 is 29.6. The molecule has 3 aromatic rings. The number of amides is 1. The highest BCUT2D eigenvalue weighted by Crippen LogP contribution is 2.31. The van der Waals surface area contributed by atoms with Gasteiger partial charge < -0.3 is 20.0 Å². The van der Waals surface area contributed by atoms with Gasteiger partial charge in [0.25, 0.3) is 0 Å². The molecule has 41 heavy (non-hydrogen) atoms. The van der Waals surface area contributed by atoms with Crippen molar-refractivity contribution < 1.29 is 13.2 Å². The highest BCUT2D eigenvalue weighted by Gasteiger charge is 2.35.